The number of rotatable bonds is 3. The van der Waals surface area contributed by atoms with E-state index in [2.05, 4.69) is 0 Å². The van der Waals surface area contributed by atoms with Gasteiger partial charge in [0.1, 0.15) is 0 Å². The van der Waals surface area contributed by atoms with Crippen LogP contribution in [0.25, 0.3) is 0 Å². The predicted octanol–water partition coefficient (Wildman–Crippen LogP) is 1.17. The van der Waals surface area contributed by atoms with Gasteiger partial charge < -0.3 is 9.90 Å². The lowest BCUT2D eigenvalue weighted by Gasteiger charge is -2.36. The largest absolute Gasteiger partial charge is 0.548 e. The molecule has 0 N–H and O–H groups in total. The second kappa shape index (κ2) is 6.03. The first-order valence-corrected chi connectivity index (χ1v) is 9.11. The summed E-state index contributed by atoms with van der Waals surface area (Å²) in [6.07, 6.45) is 0.114. The number of aliphatic carboxylic acids is 1. The van der Waals surface area contributed by atoms with Crippen LogP contribution in [0.4, 0.5) is 0 Å². The Balaban J connectivity index is 2.11. The number of carbonyl (C=O) groups excluding carboxylic acids is 1. The summed E-state index contributed by atoms with van der Waals surface area (Å²) in [6.45, 7) is 3.54. The maximum atomic E-state index is 13.1. The molecule has 0 bridgehead atoms. The highest BCUT2D eigenvalue weighted by molar-refractivity contribution is 7.89. The van der Waals surface area contributed by atoms with Crippen LogP contribution in [0.5, 0.6) is 0 Å². The quantitative estimate of drug-likeness (QED) is 0.837. The molecule has 0 aromatic heterocycles. The monoisotopic (exact) mass is 344 g/mol. The van der Waals surface area contributed by atoms with E-state index in [-0.39, 0.29) is 17.9 Å². The first-order valence-electron chi connectivity index (χ1n) is 7.67. The van der Waals surface area contributed by atoms with E-state index in [4.69, 9.17) is 0 Å². The van der Waals surface area contributed by atoms with Gasteiger partial charge in [0.15, 0.2) is 0 Å². The third-order valence-corrected chi connectivity index (χ3v) is 6.40. The van der Waals surface area contributed by atoms with Gasteiger partial charge in [-0.25, -0.2) is 8.42 Å². The molecule has 2 aromatic rings. The third-order valence-electron chi connectivity index (χ3n) is 4.41. The molecule has 0 aliphatic carbocycles. The Morgan fingerprint density at radius 1 is 1.12 bits per heavy atom. The Kier molecular flexibility index (Phi) is 4.19. The molecule has 24 heavy (non-hydrogen) atoms. The van der Waals surface area contributed by atoms with Crippen molar-refractivity contribution in [1.82, 2.24) is 4.31 Å². The molecular formula is C18H18NO4S-. The Labute approximate surface area is 141 Å². The van der Waals surface area contributed by atoms with Gasteiger partial charge >= 0.3 is 0 Å². The van der Waals surface area contributed by atoms with Gasteiger partial charge in [-0.2, -0.15) is 4.31 Å². The van der Waals surface area contributed by atoms with Gasteiger partial charge in [-0.1, -0.05) is 36.4 Å². The standard InChI is InChI=1S/C18H19NO4S/c1-12-7-8-13(2)17(9-12)24(22,23)19-11-15-6-4-3-5-14(15)10-16(19)18(20)21/h3-9,16H,10-11H2,1-2H3,(H,20,21)/p-1/t16-/m0/s1. The number of hydrogen-bond donors (Lipinski definition) is 0. The zero-order chi connectivity index (χ0) is 17.5. The van der Waals surface area contributed by atoms with Crippen LogP contribution < -0.4 is 5.11 Å². The molecule has 0 spiro atoms. The van der Waals surface area contributed by atoms with Crippen LogP contribution in [0, 0.1) is 13.8 Å². The number of aryl methyl sites for hydroxylation is 2. The highest BCUT2D eigenvalue weighted by Gasteiger charge is 2.37. The summed E-state index contributed by atoms with van der Waals surface area (Å²) in [5.74, 6) is -1.38. The fourth-order valence-corrected chi connectivity index (χ4v) is 4.93. The SMILES string of the molecule is Cc1ccc(C)c(S(=O)(=O)N2Cc3ccccc3C[C@H]2C(=O)[O-])c1. The maximum Gasteiger partial charge on any atom is 0.244 e. The maximum absolute atomic E-state index is 13.1. The van der Waals surface area contributed by atoms with Gasteiger partial charge in [0.25, 0.3) is 0 Å². The van der Waals surface area contributed by atoms with Crippen molar-refractivity contribution in [2.75, 3.05) is 0 Å². The van der Waals surface area contributed by atoms with Gasteiger partial charge in [-0.3, -0.25) is 0 Å². The van der Waals surface area contributed by atoms with E-state index in [0.717, 1.165) is 21.0 Å². The van der Waals surface area contributed by atoms with E-state index < -0.39 is 22.0 Å². The van der Waals surface area contributed by atoms with Crippen molar-refractivity contribution in [1.29, 1.82) is 0 Å². The zero-order valence-electron chi connectivity index (χ0n) is 13.5. The van der Waals surface area contributed by atoms with Crippen molar-refractivity contribution >= 4 is 16.0 Å². The van der Waals surface area contributed by atoms with E-state index in [1.165, 1.54) is 0 Å². The van der Waals surface area contributed by atoms with E-state index >= 15 is 0 Å². The van der Waals surface area contributed by atoms with E-state index in [9.17, 15) is 18.3 Å². The Bertz CT molecular complexity index is 905. The van der Waals surface area contributed by atoms with Gasteiger partial charge in [-0.05, 0) is 48.6 Å². The molecule has 5 nitrogen and oxygen atoms in total. The summed E-state index contributed by atoms with van der Waals surface area (Å²) < 4.78 is 27.3. The zero-order valence-corrected chi connectivity index (χ0v) is 14.3. The summed E-state index contributed by atoms with van der Waals surface area (Å²) in [5.41, 5.74) is 3.07. The number of sulfonamides is 1. The van der Waals surface area contributed by atoms with Crippen molar-refractivity contribution in [3.63, 3.8) is 0 Å². The topological polar surface area (TPSA) is 77.5 Å². The van der Waals surface area contributed by atoms with Gasteiger partial charge in [0, 0.05) is 6.54 Å². The summed E-state index contributed by atoms with van der Waals surface area (Å²) in [7, 11) is -3.94. The Hall–Kier alpha value is -2.18. The molecule has 0 amide bonds. The molecule has 3 rings (SSSR count). The summed E-state index contributed by atoms with van der Waals surface area (Å²) in [6, 6.07) is 11.2. The van der Waals surface area contributed by atoms with Crippen molar-refractivity contribution in [2.24, 2.45) is 0 Å². The van der Waals surface area contributed by atoms with Gasteiger partial charge in [0.05, 0.1) is 16.9 Å². The van der Waals surface area contributed by atoms with Crippen LogP contribution in [0.3, 0.4) is 0 Å². The molecule has 0 saturated carbocycles. The fourth-order valence-electron chi connectivity index (χ4n) is 3.06. The average molecular weight is 344 g/mol. The summed E-state index contributed by atoms with van der Waals surface area (Å²) in [5, 5.41) is 11.6. The first-order chi connectivity index (χ1) is 11.3. The Morgan fingerprint density at radius 3 is 2.46 bits per heavy atom. The molecule has 126 valence electrons. The molecule has 0 radical (unpaired) electrons. The number of nitrogens with zero attached hydrogens (tertiary/aromatic N) is 1. The number of carboxylic acid groups (broad SMARTS) is 1. The minimum atomic E-state index is -3.94. The molecule has 1 aliphatic rings. The lowest BCUT2D eigenvalue weighted by molar-refractivity contribution is -0.310. The summed E-state index contributed by atoms with van der Waals surface area (Å²) >= 11 is 0. The molecule has 1 atom stereocenters. The number of carbonyl (C=O) groups is 1. The van der Waals surface area contributed by atoms with Gasteiger partial charge in [0.2, 0.25) is 10.0 Å². The molecule has 6 heteroatoms. The Morgan fingerprint density at radius 2 is 1.79 bits per heavy atom. The van der Waals surface area contributed by atoms with Crippen LogP contribution in [0.1, 0.15) is 22.3 Å². The lowest BCUT2D eigenvalue weighted by atomic mass is 9.96. The highest BCUT2D eigenvalue weighted by Crippen LogP contribution is 2.30. The molecule has 0 saturated heterocycles. The molecular weight excluding hydrogens is 326 g/mol. The molecule has 2 aromatic carbocycles. The van der Waals surface area contributed by atoms with E-state index in [1.54, 1.807) is 26.0 Å². The number of benzene rings is 2. The van der Waals surface area contributed by atoms with Crippen molar-refractivity contribution < 1.29 is 18.3 Å². The second-order valence-electron chi connectivity index (χ2n) is 6.13. The molecule has 0 fully saturated rings. The highest BCUT2D eigenvalue weighted by atomic mass is 32.2. The normalized spacial score (nSPS) is 18.2. The van der Waals surface area contributed by atoms with E-state index in [0.29, 0.717) is 5.56 Å². The van der Waals surface area contributed by atoms with Crippen LogP contribution >= 0.6 is 0 Å². The minimum Gasteiger partial charge on any atom is -0.548 e. The van der Waals surface area contributed by atoms with Crippen molar-refractivity contribution in [2.45, 2.75) is 37.8 Å². The average Bonchev–Trinajstić information content (AvgIpc) is 2.55. The smallest absolute Gasteiger partial charge is 0.244 e. The molecule has 1 heterocycles. The van der Waals surface area contributed by atoms with Crippen molar-refractivity contribution in [3.8, 4) is 0 Å². The lowest BCUT2D eigenvalue weighted by Crippen LogP contribution is -2.53. The van der Waals surface area contributed by atoms with Crippen LogP contribution in [0.15, 0.2) is 47.4 Å². The third kappa shape index (κ3) is 2.83. The number of hydrogen-bond acceptors (Lipinski definition) is 4. The minimum absolute atomic E-state index is 0.0323. The predicted molar refractivity (Wildman–Crippen MR) is 87.6 cm³/mol. The fraction of sp³-hybridized carbons (Fsp3) is 0.278. The number of fused-ring (bicyclic) bond motifs is 1. The van der Waals surface area contributed by atoms with Crippen molar-refractivity contribution in [3.05, 3.63) is 64.7 Å². The number of carboxylic acids is 1. The van der Waals surface area contributed by atoms with Crippen LogP contribution in [-0.4, -0.2) is 24.7 Å². The molecule has 0 unspecified atom stereocenters. The molecule has 1 aliphatic heterocycles. The van der Waals surface area contributed by atoms with Gasteiger partial charge in [-0.15, -0.1) is 0 Å². The van der Waals surface area contributed by atoms with Crippen LogP contribution in [0.2, 0.25) is 0 Å². The second-order valence-corrected chi connectivity index (χ2v) is 7.99. The van der Waals surface area contributed by atoms with E-state index in [1.807, 2.05) is 30.3 Å². The summed E-state index contributed by atoms with van der Waals surface area (Å²) in [4.78, 5) is 11.7. The van der Waals surface area contributed by atoms with Crippen LogP contribution in [-0.2, 0) is 27.8 Å². The first kappa shape index (κ1) is 16.7.